The number of hydrogen-bond acceptors (Lipinski definition) is 5. The highest BCUT2D eigenvalue weighted by Crippen LogP contribution is 2.29. The summed E-state index contributed by atoms with van der Waals surface area (Å²) in [7, 11) is 0. The quantitative estimate of drug-likeness (QED) is 0.542. The van der Waals surface area contributed by atoms with Crippen LogP contribution in [-0.2, 0) is 0 Å². The van der Waals surface area contributed by atoms with Crippen molar-refractivity contribution in [1.82, 2.24) is 9.88 Å². The van der Waals surface area contributed by atoms with Crippen LogP contribution in [0.4, 0.5) is 0 Å². The molecular formula is C20H22ClN3OS. The number of aliphatic hydroxyl groups excluding tert-OH is 1. The average Bonchev–Trinajstić information content (AvgIpc) is 3.13. The molecule has 0 amide bonds. The van der Waals surface area contributed by atoms with E-state index in [9.17, 15) is 10.4 Å². The lowest BCUT2D eigenvalue weighted by Crippen LogP contribution is -2.40. The Kier molecular flexibility index (Phi) is 6.31. The number of aliphatic hydroxyl groups is 1. The largest absolute Gasteiger partial charge is 0.509 e. The van der Waals surface area contributed by atoms with Gasteiger partial charge in [0.15, 0.2) is 0 Å². The van der Waals surface area contributed by atoms with Gasteiger partial charge in [-0.15, -0.1) is 11.3 Å². The summed E-state index contributed by atoms with van der Waals surface area (Å²) in [6.45, 7) is 3.56. The van der Waals surface area contributed by atoms with Crippen molar-refractivity contribution >= 4 is 28.5 Å². The van der Waals surface area contributed by atoms with E-state index in [0.717, 1.165) is 37.1 Å². The van der Waals surface area contributed by atoms with Crippen molar-refractivity contribution in [1.29, 1.82) is 5.26 Å². The van der Waals surface area contributed by atoms with Gasteiger partial charge in [0.2, 0.25) is 0 Å². The predicted octanol–water partition coefficient (Wildman–Crippen LogP) is 5.52. The summed E-state index contributed by atoms with van der Waals surface area (Å²) < 4.78 is 0. The van der Waals surface area contributed by atoms with Gasteiger partial charge in [0.05, 0.1) is 12.2 Å². The van der Waals surface area contributed by atoms with Gasteiger partial charge >= 0.3 is 0 Å². The Morgan fingerprint density at radius 1 is 1.38 bits per heavy atom. The molecule has 2 aromatic rings. The zero-order valence-corrected chi connectivity index (χ0v) is 16.4. The monoisotopic (exact) mass is 387 g/mol. The van der Waals surface area contributed by atoms with E-state index in [1.165, 1.54) is 17.8 Å². The van der Waals surface area contributed by atoms with Crippen molar-refractivity contribution < 1.29 is 5.11 Å². The summed E-state index contributed by atoms with van der Waals surface area (Å²) in [4.78, 5) is 6.83. The highest BCUT2D eigenvalue weighted by molar-refractivity contribution is 7.11. The molecule has 2 heterocycles. The predicted molar refractivity (Wildman–Crippen MR) is 107 cm³/mol. The first kappa shape index (κ1) is 18.9. The number of likely N-dealkylation sites (tertiary alicyclic amines) is 1. The van der Waals surface area contributed by atoms with Crippen molar-refractivity contribution in [3.63, 3.8) is 0 Å². The number of rotatable bonds is 5. The molecule has 0 spiro atoms. The molecule has 0 radical (unpaired) electrons. The smallest absolute Gasteiger partial charge is 0.138 e. The summed E-state index contributed by atoms with van der Waals surface area (Å²) in [5.74, 6) is 0.116. The SMILES string of the molecule is CCC1CCCCN1C/C(O)=C(\C#N)c1nc(-c2ccc(Cl)cc2)cs1. The van der Waals surface area contributed by atoms with E-state index < -0.39 is 0 Å². The van der Waals surface area contributed by atoms with E-state index in [1.54, 1.807) is 0 Å². The summed E-state index contributed by atoms with van der Waals surface area (Å²) in [5.41, 5.74) is 2.00. The van der Waals surface area contributed by atoms with E-state index in [2.05, 4.69) is 22.9 Å². The lowest BCUT2D eigenvalue weighted by atomic mass is 10.00. The molecule has 26 heavy (non-hydrogen) atoms. The number of halogens is 1. The van der Waals surface area contributed by atoms with Crippen LogP contribution in [-0.4, -0.2) is 34.1 Å². The lowest BCUT2D eigenvalue weighted by Gasteiger charge is -2.34. The molecule has 1 aromatic carbocycles. The number of nitrogens with zero attached hydrogens (tertiary/aromatic N) is 3. The number of nitriles is 1. The van der Waals surface area contributed by atoms with Gasteiger partial charge in [0, 0.05) is 22.0 Å². The molecule has 4 nitrogen and oxygen atoms in total. The van der Waals surface area contributed by atoms with Crippen LogP contribution in [0.1, 0.15) is 37.6 Å². The molecule has 3 rings (SSSR count). The number of piperidine rings is 1. The minimum atomic E-state index is 0.116. The zero-order valence-electron chi connectivity index (χ0n) is 14.8. The molecular weight excluding hydrogens is 366 g/mol. The third-order valence-electron chi connectivity index (χ3n) is 4.83. The Bertz CT molecular complexity index is 822. The van der Waals surface area contributed by atoms with Gasteiger partial charge in [-0.25, -0.2) is 4.98 Å². The molecule has 1 aliphatic heterocycles. The van der Waals surface area contributed by atoms with Gasteiger partial charge in [0.25, 0.3) is 0 Å². The Morgan fingerprint density at radius 3 is 2.85 bits per heavy atom. The van der Waals surface area contributed by atoms with Crippen LogP contribution in [0.5, 0.6) is 0 Å². The highest BCUT2D eigenvalue weighted by Gasteiger charge is 2.23. The Balaban J connectivity index is 1.82. The average molecular weight is 388 g/mol. The molecule has 1 unspecified atom stereocenters. The first-order valence-electron chi connectivity index (χ1n) is 8.90. The van der Waals surface area contributed by atoms with Gasteiger partial charge in [-0.3, -0.25) is 4.90 Å². The molecule has 1 N–H and O–H groups in total. The number of aromatic nitrogens is 1. The van der Waals surface area contributed by atoms with Crippen LogP contribution < -0.4 is 0 Å². The van der Waals surface area contributed by atoms with Crippen LogP contribution in [0.25, 0.3) is 16.8 Å². The van der Waals surface area contributed by atoms with E-state index in [0.29, 0.717) is 22.6 Å². The Morgan fingerprint density at radius 2 is 2.15 bits per heavy atom. The Hall–Kier alpha value is -1.87. The fraction of sp³-hybridized carbons (Fsp3) is 0.400. The second-order valence-corrected chi connectivity index (χ2v) is 7.80. The van der Waals surface area contributed by atoms with Gasteiger partial charge in [0.1, 0.15) is 22.4 Å². The maximum atomic E-state index is 10.6. The van der Waals surface area contributed by atoms with Crippen LogP contribution in [0.15, 0.2) is 35.4 Å². The van der Waals surface area contributed by atoms with Crippen LogP contribution in [0.3, 0.4) is 0 Å². The first-order valence-corrected chi connectivity index (χ1v) is 10.2. The van der Waals surface area contributed by atoms with Gasteiger partial charge in [-0.1, -0.05) is 37.1 Å². The summed E-state index contributed by atoms with van der Waals surface area (Å²) >= 11 is 7.30. The van der Waals surface area contributed by atoms with Crippen molar-refractivity contribution in [2.75, 3.05) is 13.1 Å². The zero-order chi connectivity index (χ0) is 18.5. The topological polar surface area (TPSA) is 60.1 Å². The summed E-state index contributed by atoms with van der Waals surface area (Å²) in [6, 6.07) is 10.1. The number of allylic oxidation sites excluding steroid dienone is 1. The van der Waals surface area contributed by atoms with E-state index in [1.807, 2.05) is 29.6 Å². The maximum Gasteiger partial charge on any atom is 0.138 e. The van der Waals surface area contributed by atoms with E-state index in [4.69, 9.17) is 11.6 Å². The second-order valence-electron chi connectivity index (χ2n) is 6.51. The fourth-order valence-corrected chi connectivity index (χ4v) is 4.35. The van der Waals surface area contributed by atoms with Crippen LogP contribution >= 0.6 is 22.9 Å². The molecule has 0 bridgehead atoms. The normalized spacial score (nSPS) is 19.0. The number of thiazole rings is 1. The number of hydrogen-bond donors (Lipinski definition) is 1. The Labute approximate surface area is 163 Å². The third-order valence-corrected chi connectivity index (χ3v) is 5.94. The molecule has 1 aliphatic rings. The minimum Gasteiger partial charge on any atom is -0.509 e. The lowest BCUT2D eigenvalue weighted by molar-refractivity contribution is 0.140. The van der Waals surface area contributed by atoms with Gasteiger partial charge in [-0.05, 0) is 37.9 Å². The van der Waals surface area contributed by atoms with Crippen molar-refractivity contribution in [2.45, 2.75) is 38.6 Å². The van der Waals surface area contributed by atoms with Crippen LogP contribution in [0, 0.1) is 11.3 Å². The molecule has 1 aromatic heterocycles. The van der Waals surface area contributed by atoms with Gasteiger partial charge < -0.3 is 5.11 Å². The molecule has 0 aliphatic carbocycles. The molecule has 6 heteroatoms. The van der Waals surface area contributed by atoms with Crippen molar-refractivity contribution in [3.8, 4) is 17.3 Å². The van der Waals surface area contributed by atoms with Crippen molar-refractivity contribution in [3.05, 3.63) is 45.4 Å². The van der Waals surface area contributed by atoms with Gasteiger partial charge in [-0.2, -0.15) is 5.26 Å². The highest BCUT2D eigenvalue weighted by atomic mass is 35.5. The summed E-state index contributed by atoms with van der Waals surface area (Å²) in [6.07, 6.45) is 4.60. The molecule has 1 saturated heterocycles. The van der Waals surface area contributed by atoms with E-state index >= 15 is 0 Å². The third kappa shape index (κ3) is 4.27. The molecule has 0 saturated carbocycles. The maximum absolute atomic E-state index is 10.6. The fourth-order valence-electron chi connectivity index (χ4n) is 3.38. The van der Waals surface area contributed by atoms with Crippen LogP contribution in [0.2, 0.25) is 5.02 Å². The molecule has 1 fully saturated rings. The van der Waals surface area contributed by atoms with E-state index in [-0.39, 0.29) is 11.3 Å². The summed E-state index contributed by atoms with van der Waals surface area (Å²) in [5, 5.41) is 23.3. The number of benzene rings is 1. The molecule has 1 atom stereocenters. The second kappa shape index (κ2) is 8.68. The first-order chi connectivity index (χ1) is 12.6. The van der Waals surface area contributed by atoms with Crippen molar-refractivity contribution in [2.24, 2.45) is 0 Å². The minimum absolute atomic E-state index is 0.116. The standard InChI is InChI=1S/C20H22ClN3OS/c1-2-16-5-3-4-10-24(16)12-19(25)17(11-22)20-23-18(13-26-20)14-6-8-15(21)9-7-14/h6-9,13,16,25H,2-5,10,12H2,1H3/b19-17-. The molecule has 136 valence electrons.